The number of rotatable bonds is 4. The molecule has 3 N–H and O–H groups in total. The number of aryl methyl sites for hydroxylation is 2. The molecular formula is C15H25N3. The fourth-order valence-corrected chi connectivity index (χ4v) is 2.71. The van der Waals surface area contributed by atoms with Gasteiger partial charge in [-0.3, -0.25) is 0 Å². The first-order valence-corrected chi connectivity index (χ1v) is 6.99. The Morgan fingerprint density at radius 2 is 1.94 bits per heavy atom. The van der Waals surface area contributed by atoms with Gasteiger partial charge in [0, 0.05) is 19.6 Å². The Hall–Kier alpha value is -0.900. The second-order valence-electron chi connectivity index (χ2n) is 5.33. The van der Waals surface area contributed by atoms with Crippen LogP contribution in [0.1, 0.15) is 42.0 Å². The second-order valence-corrected chi connectivity index (χ2v) is 5.33. The number of hydrogen-bond acceptors (Lipinski definition) is 3. The molecule has 3 nitrogen and oxygen atoms in total. The van der Waals surface area contributed by atoms with E-state index in [4.69, 9.17) is 5.73 Å². The normalized spacial score (nSPS) is 18.8. The van der Waals surface area contributed by atoms with Crippen LogP contribution in [0.4, 0.5) is 0 Å². The molecule has 0 aromatic heterocycles. The molecule has 1 aromatic carbocycles. The smallest absolute Gasteiger partial charge is 0.0589 e. The van der Waals surface area contributed by atoms with E-state index < -0.39 is 0 Å². The molecule has 0 aliphatic carbocycles. The van der Waals surface area contributed by atoms with Crippen LogP contribution in [-0.2, 0) is 0 Å². The molecule has 1 aliphatic heterocycles. The maximum Gasteiger partial charge on any atom is 0.0589 e. The van der Waals surface area contributed by atoms with Gasteiger partial charge < -0.3 is 5.73 Å². The summed E-state index contributed by atoms with van der Waals surface area (Å²) < 4.78 is 0. The van der Waals surface area contributed by atoms with Crippen molar-refractivity contribution in [1.29, 1.82) is 0 Å². The summed E-state index contributed by atoms with van der Waals surface area (Å²) in [7, 11) is 0. The third kappa shape index (κ3) is 3.31. The first-order chi connectivity index (χ1) is 8.70. The van der Waals surface area contributed by atoms with Crippen LogP contribution in [0, 0.1) is 13.8 Å². The minimum atomic E-state index is 0.240. The molecule has 0 radical (unpaired) electrons. The lowest BCUT2D eigenvalue weighted by Crippen LogP contribution is -2.45. The van der Waals surface area contributed by atoms with Crippen LogP contribution in [0.3, 0.4) is 0 Å². The molecule has 0 amide bonds. The van der Waals surface area contributed by atoms with Crippen LogP contribution in [0.2, 0.25) is 0 Å². The molecule has 18 heavy (non-hydrogen) atoms. The summed E-state index contributed by atoms with van der Waals surface area (Å²) >= 11 is 0. The first-order valence-electron chi connectivity index (χ1n) is 6.99. The van der Waals surface area contributed by atoms with E-state index in [2.05, 4.69) is 42.5 Å². The summed E-state index contributed by atoms with van der Waals surface area (Å²) in [5, 5.41) is 2.33. The zero-order chi connectivity index (χ0) is 13.0. The molecule has 0 saturated carbocycles. The summed E-state index contributed by atoms with van der Waals surface area (Å²) in [5.41, 5.74) is 13.5. The molecule has 2 rings (SSSR count). The van der Waals surface area contributed by atoms with Gasteiger partial charge in [0.1, 0.15) is 0 Å². The van der Waals surface area contributed by atoms with Gasteiger partial charge in [0.15, 0.2) is 0 Å². The van der Waals surface area contributed by atoms with Gasteiger partial charge in [-0.1, -0.05) is 30.2 Å². The van der Waals surface area contributed by atoms with E-state index >= 15 is 0 Å². The number of nitrogens with one attached hydrogen (secondary N) is 1. The Labute approximate surface area is 110 Å². The third-order valence-electron chi connectivity index (χ3n) is 3.73. The van der Waals surface area contributed by atoms with Crippen molar-refractivity contribution in [2.24, 2.45) is 5.73 Å². The van der Waals surface area contributed by atoms with Gasteiger partial charge in [-0.05, 0) is 37.8 Å². The first kappa shape index (κ1) is 13.5. The molecule has 1 aromatic rings. The molecule has 1 heterocycles. The quantitative estimate of drug-likeness (QED) is 0.858. The number of nitrogens with two attached hydrogens (primary N) is 1. The van der Waals surface area contributed by atoms with Crippen molar-refractivity contribution in [3.8, 4) is 0 Å². The predicted octanol–water partition coefficient (Wildman–Crippen LogP) is 2.29. The minimum Gasteiger partial charge on any atom is -0.329 e. The van der Waals surface area contributed by atoms with Gasteiger partial charge in [-0.25, -0.2) is 10.4 Å². The summed E-state index contributed by atoms with van der Waals surface area (Å²) in [6, 6.07) is 6.85. The van der Waals surface area contributed by atoms with E-state index in [1.807, 2.05) is 0 Å². The lowest BCUT2D eigenvalue weighted by Gasteiger charge is -2.32. The zero-order valence-corrected chi connectivity index (χ0v) is 11.6. The summed E-state index contributed by atoms with van der Waals surface area (Å²) in [5.74, 6) is 0. The Bertz CT molecular complexity index is 383. The molecule has 0 spiro atoms. The Balaban J connectivity index is 2.07. The van der Waals surface area contributed by atoms with Crippen LogP contribution in [-0.4, -0.2) is 24.6 Å². The largest absolute Gasteiger partial charge is 0.329 e. The van der Waals surface area contributed by atoms with Crippen LogP contribution in [0.25, 0.3) is 0 Å². The number of piperidine rings is 1. The fourth-order valence-electron chi connectivity index (χ4n) is 2.71. The molecule has 1 atom stereocenters. The second kappa shape index (κ2) is 6.32. The van der Waals surface area contributed by atoms with Gasteiger partial charge in [-0.15, -0.1) is 0 Å². The van der Waals surface area contributed by atoms with Crippen molar-refractivity contribution >= 4 is 0 Å². The topological polar surface area (TPSA) is 41.3 Å². The molecule has 1 unspecified atom stereocenters. The molecule has 100 valence electrons. The molecular weight excluding hydrogens is 222 g/mol. The van der Waals surface area contributed by atoms with Gasteiger partial charge in [0.25, 0.3) is 0 Å². The van der Waals surface area contributed by atoms with Crippen molar-refractivity contribution in [2.75, 3.05) is 19.6 Å². The molecule has 1 aliphatic rings. The Morgan fingerprint density at radius 3 is 2.56 bits per heavy atom. The van der Waals surface area contributed by atoms with Gasteiger partial charge in [-0.2, -0.15) is 0 Å². The fraction of sp³-hybridized carbons (Fsp3) is 0.600. The van der Waals surface area contributed by atoms with Crippen molar-refractivity contribution in [2.45, 2.75) is 39.2 Å². The summed E-state index contributed by atoms with van der Waals surface area (Å²) in [6.07, 6.45) is 3.93. The standard InChI is InChI=1S/C15H25N3/c1-12-6-7-14(13(2)10-12)15(11-16)17-18-8-4-3-5-9-18/h6-7,10,15,17H,3-5,8-9,11,16H2,1-2H3. The Morgan fingerprint density at radius 1 is 1.22 bits per heavy atom. The van der Waals surface area contributed by atoms with Crippen LogP contribution in [0.15, 0.2) is 18.2 Å². The molecule has 1 saturated heterocycles. The summed E-state index contributed by atoms with van der Waals surface area (Å²) in [4.78, 5) is 0. The molecule has 1 fully saturated rings. The predicted molar refractivity (Wildman–Crippen MR) is 76.3 cm³/mol. The molecule has 0 bridgehead atoms. The Kier molecular flexibility index (Phi) is 4.75. The highest BCUT2D eigenvalue weighted by atomic mass is 15.5. The maximum atomic E-state index is 5.94. The SMILES string of the molecule is Cc1ccc(C(CN)NN2CCCCC2)c(C)c1. The van der Waals surface area contributed by atoms with Crippen molar-refractivity contribution < 1.29 is 0 Å². The number of hydrazine groups is 1. The van der Waals surface area contributed by atoms with Crippen molar-refractivity contribution in [3.05, 3.63) is 34.9 Å². The van der Waals surface area contributed by atoms with E-state index in [9.17, 15) is 0 Å². The monoisotopic (exact) mass is 247 g/mol. The lowest BCUT2D eigenvalue weighted by molar-refractivity contribution is 0.130. The van der Waals surface area contributed by atoms with Crippen molar-refractivity contribution in [1.82, 2.24) is 10.4 Å². The van der Waals surface area contributed by atoms with Crippen molar-refractivity contribution in [3.63, 3.8) is 0 Å². The van der Waals surface area contributed by atoms with E-state index in [0.29, 0.717) is 6.54 Å². The maximum absolute atomic E-state index is 5.94. The van der Waals surface area contributed by atoms with Crippen LogP contribution >= 0.6 is 0 Å². The zero-order valence-electron chi connectivity index (χ0n) is 11.6. The number of nitrogens with zero attached hydrogens (tertiary/aromatic N) is 1. The number of hydrogen-bond donors (Lipinski definition) is 2. The van der Waals surface area contributed by atoms with Gasteiger partial charge >= 0.3 is 0 Å². The summed E-state index contributed by atoms with van der Waals surface area (Å²) in [6.45, 7) is 7.22. The van der Waals surface area contributed by atoms with Crippen LogP contribution in [0.5, 0.6) is 0 Å². The number of benzene rings is 1. The average Bonchev–Trinajstić information content (AvgIpc) is 2.38. The van der Waals surface area contributed by atoms with Gasteiger partial charge in [0.2, 0.25) is 0 Å². The van der Waals surface area contributed by atoms with Gasteiger partial charge in [0.05, 0.1) is 6.04 Å². The average molecular weight is 247 g/mol. The third-order valence-corrected chi connectivity index (χ3v) is 3.73. The van der Waals surface area contributed by atoms with Crippen LogP contribution < -0.4 is 11.2 Å². The van der Waals surface area contributed by atoms with E-state index in [1.54, 1.807) is 0 Å². The van der Waals surface area contributed by atoms with E-state index in [1.165, 1.54) is 36.0 Å². The van der Waals surface area contributed by atoms with E-state index in [0.717, 1.165) is 13.1 Å². The lowest BCUT2D eigenvalue weighted by atomic mass is 9.99. The highest BCUT2D eigenvalue weighted by Gasteiger charge is 2.17. The molecule has 3 heteroatoms. The highest BCUT2D eigenvalue weighted by Crippen LogP contribution is 2.19. The van der Waals surface area contributed by atoms with E-state index in [-0.39, 0.29) is 6.04 Å². The minimum absolute atomic E-state index is 0.240. The highest BCUT2D eigenvalue weighted by molar-refractivity contribution is 5.32.